The zero-order valence-electron chi connectivity index (χ0n) is 11.3. The Hall–Kier alpha value is -0.890. The summed E-state index contributed by atoms with van der Waals surface area (Å²) in [5.41, 5.74) is 9.12. The molecule has 17 heavy (non-hydrogen) atoms. The Morgan fingerprint density at radius 2 is 1.65 bits per heavy atom. The number of aryl methyl sites for hydroxylation is 2. The number of hydrogen-bond acceptors (Lipinski definition) is 1. The van der Waals surface area contributed by atoms with Crippen molar-refractivity contribution in [1.82, 2.24) is 0 Å². The van der Waals surface area contributed by atoms with Crippen LogP contribution in [0.25, 0.3) is 0 Å². The monoisotopic (exact) mass is 237 g/mol. The number of nitrogens with two attached hydrogens (primary N) is 1. The topological polar surface area (TPSA) is 26.0 Å². The average molecular weight is 237 g/mol. The van der Waals surface area contributed by atoms with Gasteiger partial charge < -0.3 is 5.73 Å². The van der Waals surface area contributed by atoms with E-state index >= 15 is 0 Å². The van der Waals surface area contributed by atoms with Crippen LogP contribution in [0.3, 0.4) is 0 Å². The molecule has 1 aromatic carbocycles. The molecule has 0 radical (unpaired) electrons. The van der Waals surface area contributed by atoms with Crippen molar-refractivity contribution in [3.05, 3.63) is 34.9 Å². The van der Waals surface area contributed by atoms with E-state index in [4.69, 9.17) is 5.73 Å². The molecule has 0 aliphatic rings. The van der Waals surface area contributed by atoms with Crippen LogP contribution in [0.4, 0.5) is 4.39 Å². The van der Waals surface area contributed by atoms with E-state index in [-0.39, 0.29) is 5.92 Å². The first-order valence-electron chi connectivity index (χ1n) is 6.35. The SMILES string of the molecule is Cc1cc(C)cc(CC(F)C(CN)C(C)C)c1. The minimum absolute atomic E-state index is 0.0455. The highest BCUT2D eigenvalue weighted by atomic mass is 19.1. The molecule has 0 saturated heterocycles. The molecule has 0 bridgehead atoms. The smallest absolute Gasteiger partial charge is 0.108 e. The van der Waals surface area contributed by atoms with Crippen LogP contribution < -0.4 is 5.73 Å². The molecule has 1 rings (SSSR count). The third kappa shape index (κ3) is 4.12. The molecule has 2 heteroatoms. The van der Waals surface area contributed by atoms with Crippen molar-refractivity contribution in [3.8, 4) is 0 Å². The van der Waals surface area contributed by atoms with Gasteiger partial charge in [0.1, 0.15) is 6.17 Å². The molecule has 0 aromatic heterocycles. The Morgan fingerprint density at radius 3 is 2.06 bits per heavy atom. The summed E-state index contributed by atoms with van der Waals surface area (Å²) in [5.74, 6) is 0.247. The molecule has 0 aliphatic heterocycles. The highest BCUT2D eigenvalue weighted by Crippen LogP contribution is 2.21. The van der Waals surface area contributed by atoms with Crippen molar-refractivity contribution in [3.63, 3.8) is 0 Å². The maximum Gasteiger partial charge on any atom is 0.108 e. The molecular weight excluding hydrogens is 213 g/mol. The second-order valence-electron chi connectivity index (χ2n) is 5.36. The lowest BCUT2D eigenvalue weighted by molar-refractivity contribution is 0.185. The fraction of sp³-hybridized carbons (Fsp3) is 0.600. The Labute approximate surface area is 104 Å². The molecule has 0 heterocycles. The van der Waals surface area contributed by atoms with Crippen molar-refractivity contribution in [1.29, 1.82) is 0 Å². The minimum atomic E-state index is -0.846. The lowest BCUT2D eigenvalue weighted by atomic mass is 9.87. The van der Waals surface area contributed by atoms with E-state index < -0.39 is 6.17 Å². The molecule has 0 fully saturated rings. The number of benzene rings is 1. The van der Waals surface area contributed by atoms with Gasteiger partial charge in [-0.2, -0.15) is 0 Å². The Kier molecular flexibility index (Phi) is 5.13. The molecule has 1 nitrogen and oxygen atoms in total. The first-order chi connectivity index (χ1) is 7.93. The fourth-order valence-corrected chi connectivity index (χ4v) is 2.40. The normalized spacial score (nSPS) is 15.0. The van der Waals surface area contributed by atoms with Crippen LogP contribution in [-0.2, 0) is 6.42 Å². The second kappa shape index (κ2) is 6.15. The van der Waals surface area contributed by atoms with Crippen molar-refractivity contribution in [2.24, 2.45) is 17.6 Å². The van der Waals surface area contributed by atoms with E-state index in [1.54, 1.807) is 0 Å². The molecule has 0 spiro atoms. The summed E-state index contributed by atoms with van der Waals surface area (Å²) in [7, 11) is 0. The summed E-state index contributed by atoms with van der Waals surface area (Å²) in [4.78, 5) is 0. The molecule has 1 aromatic rings. The van der Waals surface area contributed by atoms with Gasteiger partial charge in [0.15, 0.2) is 0 Å². The van der Waals surface area contributed by atoms with Gasteiger partial charge in [0.25, 0.3) is 0 Å². The van der Waals surface area contributed by atoms with Gasteiger partial charge in [-0.3, -0.25) is 0 Å². The van der Waals surface area contributed by atoms with E-state index in [2.05, 4.69) is 18.2 Å². The van der Waals surface area contributed by atoms with Crippen molar-refractivity contribution in [2.75, 3.05) is 6.54 Å². The zero-order chi connectivity index (χ0) is 13.0. The van der Waals surface area contributed by atoms with Crippen LogP contribution in [0, 0.1) is 25.7 Å². The van der Waals surface area contributed by atoms with E-state index in [9.17, 15) is 4.39 Å². The maximum absolute atomic E-state index is 14.2. The summed E-state index contributed by atoms with van der Waals surface area (Å²) in [5, 5.41) is 0. The van der Waals surface area contributed by atoms with Gasteiger partial charge >= 0.3 is 0 Å². The van der Waals surface area contributed by atoms with Crippen molar-refractivity contribution < 1.29 is 4.39 Å². The standard InChI is InChI=1S/C15H24FN/c1-10(2)14(9-17)15(16)8-13-6-11(3)5-12(4)7-13/h5-7,10,14-15H,8-9,17H2,1-4H3. The number of alkyl halides is 1. The Balaban J connectivity index is 2.76. The van der Waals surface area contributed by atoms with Gasteiger partial charge in [-0.1, -0.05) is 43.2 Å². The van der Waals surface area contributed by atoms with Crippen molar-refractivity contribution in [2.45, 2.75) is 40.3 Å². The lowest BCUT2D eigenvalue weighted by Crippen LogP contribution is -2.30. The summed E-state index contributed by atoms with van der Waals surface area (Å²) in [6, 6.07) is 6.24. The van der Waals surface area contributed by atoms with Gasteiger partial charge in [0, 0.05) is 12.3 Å². The summed E-state index contributed by atoms with van der Waals surface area (Å²) < 4.78 is 14.2. The Morgan fingerprint density at radius 1 is 1.12 bits per heavy atom. The van der Waals surface area contributed by atoms with Crippen LogP contribution in [-0.4, -0.2) is 12.7 Å². The highest BCUT2D eigenvalue weighted by molar-refractivity contribution is 5.29. The third-order valence-electron chi connectivity index (χ3n) is 3.31. The van der Waals surface area contributed by atoms with Crippen LogP contribution in [0.5, 0.6) is 0 Å². The van der Waals surface area contributed by atoms with Gasteiger partial charge in [-0.25, -0.2) is 4.39 Å². The molecule has 2 atom stereocenters. The number of rotatable bonds is 5. The summed E-state index contributed by atoms with van der Waals surface area (Å²) in [6.07, 6.45) is -0.371. The van der Waals surface area contributed by atoms with Crippen LogP contribution in [0.2, 0.25) is 0 Å². The molecule has 0 aliphatic carbocycles. The average Bonchev–Trinajstić information content (AvgIpc) is 2.15. The quantitative estimate of drug-likeness (QED) is 0.834. The van der Waals surface area contributed by atoms with E-state index in [0.29, 0.717) is 18.9 Å². The van der Waals surface area contributed by atoms with Crippen LogP contribution in [0.1, 0.15) is 30.5 Å². The van der Waals surface area contributed by atoms with E-state index in [0.717, 1.165) is 5.56 Å². The first-order valence-corrected chi connectivity index (χ1v) is 6.35. The third-order valence-corrected chi connectivity index (χ3v) is 3.31. The summed E-state index contributed by atoms with van der Waals surface area (Å²) >= 11 is 0. The van der Waals surface area contributed by atoms with Gasteiger partial charge in [-0.05, 0) is 31.9 Å². The van der Waals surface area contributed by atoms with E-state index in [1.807, 2.05) is 27.7 Å². The highest BCUT2D eigenvalue weighted by Gasteiger charge is 2.23. The number of halogens is 1. The Bertz CT molecular complexity index is 340. The predicted octanol–water partition coefficient (Wildman–Crippen LogP) is 3.41. The maximum atomic E-state index is 14.2. The van der Waals surface area contributed by atoms with Gasteiger partial charge in [-0.15, -0.1) is 0 Å². The second-order valence-corrected chi connectivity index (χ2v) is 5.36. The minimum Gasteiger partial charge on any atom is -0.330 e. The molecule has 2 N–H and O–H groups in total. The van der Waals surface area contributed by atoms with Gasteiger partial charge in [0.2, 0.25) is 0 Å². The fourth-order valence-electron chi connectivity index (χ4n) is 2.40. The lowest BCUT2D eigenvalue weighted by Gasteiger charge is -2.23. The molecule has 0 amide bonds. The summed E-state index contributed by atoms with van der Waals surface area (Å²) in [6.45, 7) is 8.58. The number of hydrogen-bond donors (Lipinski definition) is 1. The van der Waals surface area contributed by atoms with Gasteiger partial charge in [0.05, 0.1) is 0 Å². The molecule has 2 unspecified atom stereocenters. The van der Waals surface area contributed by atoms with E-state index in [1.165, 1.54) is 11.1 Å². The largest absolute Gasteiger partial charge is 0.330 e. The first kappa shape index (κ1) is 14.2. The van der Waals surface area contributed by atoms with Crippen LogP contribution in [0.15, 0.2) is 18.2 Å². The predicted molar refractivity (Wildman–Crippen MR) is 71.9 cm³/mol. The molecule has 96 valence electrons. The zero-order valence-corrected chi connectivity index (χ0v) is 11.3. The molecule has 0 saturated carbocycles. The van der Waals surface area contributed by atoms with Crippen molar-refractivity contribution >= 4 is 0 Å². The molecular formula is C15H24FN. The van der Waals surface area contributed by atoms with Crippen LogP contribution >= 0.6 is 0 Å².